The predicted octanol–water partition coefficient (Wildman–Crippen LogP) is 1.87. The van der Waals surface area contributed by atoms with Gasteiger partial charge in [0.2, 0.25) is 0 Å². The Bertz CT molecular complexity index is 608. The summed E-state index contributed by atoms with van der Waals surface area (Å²) >= 11 is 0. The van der Waals surface area contributed by atoms with E-state index in [2.05, 4.69) is 9.97 Å². The number of carboxylic acid groups (broad SMARTS) is 1. The number of nitrogens with zero attached hydrogens (tertiary/aromatic N) is 2. The fourth-order valence-electron chi connectivity index (χ4n) is 1.77. The summed E-state index contributed by atoms with van der Waals surface area (Å²) in [5.41, 5.74) is 7.12. The fraction of sp³-hybridized carbons (Fsp3) is 0.308. The van der Waals surface area contributed by atoms with Gasteiger partial charge < -0.3 is 10.8 Å². The maximum atomic E-state index is 11.1. The van der Waals surface area contributed by atoms with E-state index in [4.69, 9.17) is 10.8 Å². The molecule has 0 spiro atoms. The van der Waals surface area contributed by atoms with Gasteiger partial charge in [-0.1, -0.05) is 6.07 Å². The van der Waals surface area contributed by atoms with Crippen LogP contribution in [-0.2, 0) is 11.2 Å². The van der Waals surface area contributed by atoms with E-state index < -0.39 is 11.4 Å². The molecule has 0 aliphatic carbocycles. The van der Waals surface area contributed by atoms with E-state index in [1.54, 1.807) is 13.8 Å². The van der Waals surface area contributed by atoms with Gasteiger partial charge in [0.15, 0.2) is 0 Å². The third-order valence-electron chi connectivity index (χ3n) is 2.85. The molecule has 0 fully saturated rings. The number of benzene rings is 1. The van der Waals surface area contributed by atoms with Crippen LogP contribution in [0.5, 0.6) is 0 Å². The molecule has 5 nitrogen and oxygen atoms in total. The van der Waals surface area contributed by atoms with Crippen LogP contribution in [0.1, 0.15) is 19.4 Å². The number of hydrogen-bond acceptors (Lipinski definition) is 4. The molecule has 1 aromatic heterocycles. The first-order valence-electron chi connectivity index (χ1n) is 5.63. The third-order valence-corrected chi connectivity index (χ3v) is 2.85. The molecule has 0 amide bonds. The first-order chi connectivity index (χ1) is 8.38. The second kappa shape index (κ2) is 4.25. The van der Waals surface area contributed by atoms with Crippen LogP contribution in [0.25, 0.3) is 11.0 Å². The lowest BCUT2D eigenvalue weighted by Crippen LogP contribution is -2.26. The standard InChI is InChI=1S/C13H15N3O2/c1-13(2,12(17)18)6-8-3-4-9-10(5-8)15-7-11(14)16-9/h3-5,7H,6H2,1-2H3,(H2,14,16)(H,17,18). The molecule has 0 atom stereocenters. The average molecular weight is 245 g/mol. The van der Waals surface area contributed by atoms with Crippen LogP contribution in [0.3, 0.4) is 0 Å². The molecule has 5 heteroatoms. The van der Waals surface area contributed by atoms with Gasteiger partial charge in [-0.15, -0.1) is 0 Å². The lowest BCUT2D eigenvalue weighted by atomic mass is 9.86. The molecule has 18 heavy (non-hydrogen) atoms. The van der Waals surface area contributed by atoms with Gasteiger partial charge in [-0.3, -0.25) is 9.78 Å². The predicted molar refractivity (Wildman–Crippen MR) is 69.1 cm³/mol. The van der Waals surface area contributed by atoms with E-state index in [0.717, 1.165) is 11.1 Å². The minimum absolute atomic E-state index is 0.376. The van der Waals surface area contributed by atoms with Crippen molar-refractivity contribution in [3.63, 3.8) is 0 Å². The topological polar surface area (TPSA) is 89.1 Å². The Hall–Kier alpha value is -2.17. The summed E-state index contributed by atoms with van der Waals surface area (Å²) in [6, 6.07) is 5.53. The second-order valence-electron chi connectivity index (χ2n) is 4.98. The summed E-state index contributed by atoms with van der Waals surface area (Å²) in [6.45, 7) is 3.41. The number of fused-ring (bicyclic) bond motifs is 1. The lowest BCUT2D eigenvalue weighted by molar-refractivity contribution is -0.146. The number of anilines is 1. The minimum atomic E-state index is -0.814. The molecule has 0 saturated carbocycles. The second-order valence-corrected chi connectivity index (χ2v) is 4.98. The average Bonchev–Trinajstić information content (AvgIpc) is 2.28. The van der Waals surface area contributed by atoms with Crippen molar-refractivity contribution < 1.29 is 9.90 Å². The molecule has 0 unspecified atom stereocenters. The Kier molecular flexibility index (Phi) is 2.90. The van der Waals surface area contributed by atoms with Crippen molar-refractivity contribution in [1.29, 1.82) is 0 Å². The van der Waals surface area contributed by atoms with Gasteiger partial charge in [-0.25, -0.2) is 4.98 Å². The molecular formula is C13H15N3O2. The van der Waals surface area contributed by atoms with Crippen LogP contribution in [0, 0.1) is 5.41 Å². The van der Waals surface area contributed by atoms with Gasteiger partial charge in [0, 0.05) is 0 Å². The maximum Gasteiger partial charge on any atom is 0.309 e. The van der Waals surface area contributed by atoms with E-state index in [1.165, 1.54) is 6.20 Å². The molecule has 1 aromatic carbocycles. The summed E-state index contributed by atoms with van der Waals surface area (Å²) in [4.78, 5) is 19.4. The Morgan fingerprint density at radius 2 is 2.11 bits per heavy atom. The number of nitrogens with two attached hydrogens (primary N) is 1. The number of nitrogen functional groups attached to an aromatic ring is 1. The first kappa shape index (κ1) is 12.3. The quantitative estimate of drug-likeness (QED) is 0.861. The largest absolute Gasteiger partial charge is 0.481 e. The van der Waals surface area contributed by atoms with Gasteiger partial charge in [0.05, 0.1) is 22.6 Å². The van der Waals surface area contributed by atoms with Crippen molar-refractivity contribution in [2.24, 2.45) is 5.41 Å². The number of hydrogen-bond donors (Lipinski definition) is 2. The molecule has 2 aromatic rings. The Morgan fingerprint density at radius 1 is 1.39 bits per heavy atom. The van der Waals surface area contributed by atoms with E-state index in [1.807, 2.05) is 18.2 Å². The molecule has 1 heterocycles. The highest BCUT2D eigenvalue weighted by Gasteiger charge is 2.27. The summed E-state index contributed by atoms with van der Waals surface area (Å²) in [5.74, 6) is -0.438. The third kappa shape index (κ3) is 2.40. The highest BCUT2D eigenvalue weighted by atomic mass is 16.4. The van der Waals surface area contributed by atoms with E-state index in [-0.39, 0.29) is 0 Å². The maximum absolute atomic E-state index is 11.1. The smallest absolute Gasteiger partial charge is 0.309 e. The van der Waals surface area contributed by atoms with Crippen molar-refractivity contribution in [3.05, 3.63) is 30.0 Å². The van der Waals surface area contributed by atoms with E-state index in [9.17, 15) is 4.79 Å². The summed E-state index contributed by atoms with van der Waals surface area (Å²) < 4.78 is 0. The van der Waals surface area contributed by atoms with Gasteiger partial charge in [0.1, 0.15) is 5.82 Å². The number of carboxylic acids is 1. The molecule has 0 radical (unpaired) electrons. The number of rotatable bonds is 3. The Balaban J connectivity index is 2.36. The zero-order valence-electron chi connectivity index (χ0n) is 10.3. The van der Waals surface area contributed by atoms with Crippen LogP contribution in [0.4, 0.5) is 5.82 Å². The van der Waals surface area contributed by atoms with Crippen LogP contribution >= 0.6 is 0 Å². The van der Waals surface area contributed by atoms with Gasteiger partial charge in [-0.2, -0.15) is 0 Å². The van der Waals surface area contributed by atoms with Gasteiger partial charge >= 0.3 is 5.97 Å². The molecule has 0 bridgehead atoms. The number of carbonyl (C=O) groups is 1. The Labute approximate surface area is 105 Å². The monoisotopic (exact) mass is 245 g/mol. The highest BCUT2D eigenvalue weighted by Crippen LogP contribution is 2.23. The van der Waals surface area contributed by atoms with Crippen molar-refractivity contribution in [1.82, 2.24) is 9.97 Å². The van der Waals surface area contributed by atoms with E-state index in [0.29, 0.717) is 17.8 Å². The van der Waals surface area contributed by atoms with Crippen molar-refractivity contribution >= 4 is 22.8 Å². The van der Waals surface area contributed by atoms with Crippen LogP contribution in [-0.4, -0.2) is 21.0 Å². The van der Waals surface area contributed by atoms with Gasteiger partial charge in [0.25, 0.3) is 0 Å². The van der Waals surface area contributed by atoms with Crippen molar-refractivity contribution in [2.45, 2.75) is 20.3 Å². The fourth-order valence-corrected chi connectivity index (χ4v) is 1.77. The summed E-state index contributed by atoms with van der Waals surface area (Å²) in [6.07, 6.45) is 1.94. The zero-order chi connectivity index (χ0) is 13.3. The molecule has 0 aliphatic rings. The van der Waals surface area contributed by atoms with Gasteiger partial charge in [-0.05, 0) is 38.0 Å². The molecule has 0 aliphatic heterocycles. The first-order valence-corrected chi connectivity index (χ1v) is 5.63. The summed E-state index contributed by atoms with van der Waals surface area (Å²) in [5, 5.41) is 9.11. The molecule has 3 N–H and O–H groups in total. The molecule has 0 saturated heterocycles. The van der Waals surface area contributed by atoms with E-state index >= 15 is 0 Å². The molecular weight excluding hydrogens is 230 g/mol. The van der Waals surface area contributed by atoms with Crippen molar-refractivity contribution in [2.75, 3.05) is 5.73 Å². The van der Waals surface area contributed by atoms with Crippen molar-refractivity contribution in [3.8, 4) is 0 Å². The van der Waals surface area contributed by atoms with Crippen LogP contribution in [0.15, 0.2) is 24.4 Å². The normalized spacial score (nSPS) is 11.7. The SMILES string of the molecule is CC(C)(Cc1ccc2nc(N)cnc2c1)C(=O)O. The molecule has 2 rings (SSSR count). The highest BCUT2D eigenvalue weighted by molar-refractivity contribution is 5.77. The van der Waals surface area contributed by atoms with Crippen LogP contribution < -0.4 is 5.73 Å². The lowest BCUT2D eigenvalue weighted by Gasteiger charge is -2.18. The number of aliphatic carboxylic acids is 1. The van der Waals surface area contributed by atoms with Crippen LogP contribution in [0.2, 0.25) is 0 Å². The molecule has 94 valence electrons. The Morgan fingerprint density at radius 3 is 2.78 bits per heavy atom. The number of aromatic nitrogens is 2. The zero-order valence-corrected chi connectivity index (χ0v) is 10.3. The minimum Gasteiger partial charge on any atom is -0.481 e. The summed E-state index contributed by atoms with van der Waals surface area (Å²) in [7, 11) is 0.